The Labute approximate surface area is 229 Å². The first-order valence-electron chi connectivity index (χ1n) is 16.3. The zero-order chi connectivity index (χ0) is 26.9. The van der Waals surface area contributed by atoms with Gasteiger partial charge in [-0.05, 0) is 139 Å². The molecule has 4 saturated carbocycles. The largest absolute Gasteiger partial charge is 0.460 e. The Hall–Kier alpha value is -0.570. The molecule has 214 valence electrons. The summed E-state index contributed by atoms with van der Waals surface area (Å²) < 4.78 is 12.0. The van der Waals surface area contributed by atoms with Gasteiger partial charge in [0, 0.05) is 12.8 Å². The maximum atomic E-state index is 12.8. The molecule has 0 aromatic rings. The first-order valence-corrected chi connectivity index (χ1v) is 16.3. The van der Waals surface area contributed by atoms with Gasteiger partial charge in [0.15, 0.2) is 0 Å². The fourth-order valence-corrected chi connectivity index (χ4v) is 10.0. The number of rotatable bonds is 11. The Morgan fingerprint density at radius 2 is 1.59 bits per heavy atom. The Balaban J connectivity index is 1.23. The molecule has 3 unspecified atom stereocenters. The van der Waals surface area contributed by atoms with Crippen LogP contribution in [0.15, 0.2) is 0 Å². The van der Waals surface area contributed by atoms with Crippen LogP contribution in [0.2, 0.25) is 0 Å². The molecule has 0 spiro atoms. The van der Waals surface area contributed by atoms with Gasteiger partial charge in [0.25, 0.3) is 0 Å². The fraction of sp³-hybridized carbons (Fsp3) is 0.971. The second-order valence-corrected chi connectivity index (χ2v) is 15.5. The van der Waals surface area contributed by atoms with Gasteiger partial charge in [-0.3, -0.25) is 4.79 Å². The SMILES string of the molecule is CCCC(C)(C)OCCC(C)(C)OC(=O)CCCC1CCC2[C@@H]3CC[C@@H]4CCCC[C@]4(C)C3CC[C@]12C. The van der Waals surface area contributed by atoms with Crippen LogP contribution in [0.5, 0.6) is 0 Å². The third-order valence-electron chi connectivity index (χ3n) is 12.2. The monoisotopic (exact) mass is 516 g/mol. The van der Waals surface area contributed by atoms with E-state index in [9.17, 15) is 4.79 Å². The van der Waals surface area contributed by atoms with Crippen LogP contribution in [0.3, 0.4) is 0 Å². The zero-order valence-electron chi connectivity index (χ0n) is 25.6. The molecule has 7 atom stereocenters. The van der Waals surface area contributed by atoms with Crippen LogP contribution < -0.4 is 0 Å². The molecule has 3 nitrogen and oxygen atoms in total. The zero-order valence-corrected chi connectivity index (χ0v) is 25.6. The standard InChI is InChI=1S/C34H60O3/c1-8-20-31(2,3)36-24-23-32(4,5)37-30(35)14-11-13-26-16-18-28-27-17-15-25-12-9-10-21-33(25,6)29(27)19-22-34(26,28)7/h25-29H,8-24H2,1-7H3/t25-,26?,27-,28?,29?,33-,34+/m0/s1. The van der Waals surface area contributed by atoms with Crippen molar-refractivity contribution in [2.45, 2.75) is 162 Å². The summed E-state index contributed by atoms with van der Waals surface area (Å²) in [5.74, 6) is 4.66. The lowest BCUT2D eigenvalue weighted by Gasteiger charge is -2.60. The minimum absolute atomic E-state index is 0.0234. The average molecular weight is 517 g/mol. The van der Waals surface area contributed by atoms with E-state index in [-0.39, 0.29) is 11.6 Å². The highest BCUT2D eigenvalue weighted by molar-refractivity contribution is 5.69. The molecule has 0 aromatic carbocycles. The molecule has 0 saturated heterocycles. The lowest BCUT2D eigenvalue weighted by atomic mass is 9.45. The number of fused-ring (bicyclic) bond motifs is 5. The van der Waals surface area contributed by atoms with Crippen molar-refractivity contribution in [3.63, 3.8) is 0 Å². The number of esters is 1. The number of carbonyl (C=O) groups is 1. The van der Waals surface area contributed by atoms with Crippen LogP contribution in [0.4, 0.5) is 0 Å². The van der Waals surface area contributed by atoms with Gasteiger partial charge in [0.2, 0.25) is 0 Å². The highest BCUT2D eigenvalue weighted by Crippen LogP contribution is 2.67. The molecule has 0 radical (unpaired) electrons. The maximum absolute atomic E-state index is 12.8. The summed E-state index contributed by atoms with van der Waals surface area (Å²) >= 11 is 0. The van der Waals surface area contributed by atoms with Gasteiger partial charge in [-0.25, -0.2) is 0 Å². The molecule has 4 aliphatic carbocycles. The van der Waals surface area contributed by atoms with E-state index >= 15 is 0 Å². The fourth-order valence-electron chi connectivity index (χ4n) is 10.0. The molecule has 4 rings (SSSR count). The van der Waals surface area contributed by atoms with Gasteiger partial charge < -0.3 is 9.47 Å². The quantitative estimate of drug-likeness (QED) is 0.256. The lowest BCUT2D eigenvalue weighted by molar-refractivity contribution is -0.159. The third kappa shape index (κ3) is 6.44. The second kappa shape index (κ2) is 11.5. The molecule has 0 bridgehead atoms. The molecule has 0 aliphatic heterocycles. The molecule has 4 fully saturated rings. The van der Waals surface area contributed by atoms with Crippen molar-refractivity contribution >= 4 is 5.97 Å². The predicted molar refractivity (Wildman–Crippen MR) is 153 cm³/mol. The smallest absolute Gasteiger partial charge is 0.306 e. The number of hydrogen-bond acceptors (Lipinski definition) is 3. The molecular weight excluding hydrogens is 456 g/mol. The van der Waals surface area contributed by atoms with E-state index in [1.165, 1.54) is 70.6 Å². The van der Waals surface area contributed by atoms with Crippen LogP contribution >= 0.6 is 0 Å². The van der Waals surface area contributed by atoms with Crippen LogP contribution in [0.25, 0.3) is 0 Å². The highest BCUT2D eigenvalue weighted by Gasteiger charge is 2.59. The summed E-state index contributed by atoms with van der Waals surface area (Å²) in [5, 5.41) is 0. The van der Waals surface area contributed by atoms with E-state index in [1.807, 2.05) is 13.8 Å². The molecule has 37 heavy (non-hydrogen) atoms. The molecule has 0 N–H and O–H groups in total. The van der Waals surface area contributed by atoms with Gasteiger partial charge in [0.05, 0.1) is 12.2 Å². The van der Waals surface area contributed by atoms with E-state index in [1.54, 1.807) is 0 Å². The van der Waals surface area contributed by atoms with Gasteiger partial charge in [-0.1, -0.05) is 40.0 Å². The first-order chi connectivity index (χ1) is 17.4. The minimum atomic E-state index is -0.462. The minimum Gasteiger partial charge on any atom is -0.460 e. The Bertz CT molecular complexity index is 771. The summed E-state index contributed by atoms with van der Waals surface area (Å²) in [7, 11) is 0. The van der Waals surface area contributed by atoms with Crippen LogP contribution in [-0.2, 0) is 14.3 Å². The maximum Gasteiger partial charge on any atom is 0.306 e. The van der Waals surface area contributed by atoms with Crippen LogP contribution in [-0.4, -0.2) is 23.8 Å². The van der Waals surface area contributed by atoms with E-state index in [2.05, 4.69) is 34.6 Å². The van der Waals surface area contributed by atoms with Crippen molar-refractivity contribution in [2.24, 2.45) is 40.4 Å². The average Bonchev–Trinajstić information content (AvgIpc) is 3.14. The number of ether oxygens (including phenoxy) is 2. The summed E-state index contributed by atoms with van der Waals surface area (Å²) in [4.78, 5) is 12.8. The van der Waals surface area contributed by atoms with Gasteiger partial charge in [-0.2, -0.15) is 0 Å². The molecule has 0 aromatic heterocycles. The molecule has 0 amide bonds. The highest BCUT2D eigenvalue weighted by atomic mass is 16.6. The van der Waals surface area contributed by atoms with Crippen LogP contribution in [0.1, 0.15) is 151 Å². The Morgan fingerprint density at radius 1 is 0.838 bits per heavy atom. The van der Waals surface area contributed by atoms with Crippen molar-refractivity contribution in [1.29, 1.82) is 0 Å². The molecule has 3 heteroatoms. The van der Waals surface area contributed by atoms with E-state index in [0.717, 1.165) is 55.3 Å². The number of carbonyl (C=O) groups excluding carboxylic acids is 1. The van der Waals surface area contributed by atoms with Crippen molar-refractivity contribution < 1.29 is 14.3 Å². The second-order valence-electron chi connectivity index (χ2n) is 15.5. The van der Waals surface area contributed by atoms with Crippen molar-refractivity contribution in [3.05, 3.63) is 0 Å². The summed E-state index contributed by atoms with van der Waals surface area (Å²) in [6, 6.07) is 0. The van der Waals surface area contributed by atoms with Crippen molar-refractivity contribution in [1.82, 2.24) is 0 Å². The van der Waals surface area contributed by atoms with Crippen LogP contribution in [0, 0.1) is 40.4 Å². The summed E-state index contributed by atoms with van der Waals surface area (Å²) in [5.41, 5.74) is 0.575. The van der Waals surface area contributed by atoms with E-state index in [4.69, 9.17) is 9.47 Å². The van der Waals surface area contributed by atoms with Gasteiger partial charge in [0.1, 0.15) is 5.60 Å². The molecular formula is C34H60O3. The normalized spacial score (nSPS) is 38.0. The van der Waals surface area contributed by atoms with Crippen molar-refractivity contribution in [3.8, 4) is 0 Å². The first kappa shape index (κ1) is 29.4. The van der Waals surface area contributed by atoms with E-state index < -0.39 is 5.60 Å². The third-order valence-corrected chi connectivity index (χ3v) is 12.2. The Kier molecular flexibility index (Phi) is 9.14. The molecule has 0 heterocycles. The molecule has 4 aliphatic rings. The lowest BCUT2D eigenvalue weighted by Crippen LogP contribution is -2.52. The summed E-state index contributed by atoms with van der Waals surface area (Å²) in [6.07, 6.45) is 20.3. The van der Waals surface area contributed by atoms with E-state index in [0.29, 0.717) is 23.9 Å². The predicted octanol–water partition coefficient (Wildman–Crippen LogP) is 9.51. The number of hydrogen-bond donors (Lipinski definition) is 0. The topological polar surface area (TPSA) is 35.5 Å². The Morgan fingerprint density at radius 3 is 2.35 bits per heavy atom. The summed E-state index contributed by atoms with van der Waals surface area (Å²) in [6.45, 7) is 16.5. The van der Waals surface area contributed by atoms with Gasteiger partial charge >= 0.3 is 5.97 Å². The van der Waals surface area contributed by atoms with Crippen molar-refractivity contribution in [2.75, 3.05) is 6.61 Å². The van der Waals surface area contributed by atoms with Gasteiger partial charge in [-0.15, -0.1) is 0 Å².